The first-order chi connectivity index (χ1) is 8.99. The van der Waals surface area contributed by atoms with Crippen LogP contribution in [0.2, 0.25) is 0 Å². The third-order valence-corrected chi connectivity index (χ3v) is 4.20. The molecule has 1 amide bonds. The molecule has 2 heterocycles. The van der Waals surface area contributed by atoms with Crippen molar-refractivity contribution < 1.29 is 4.79 Å². The zero-order valence-electron chi connectivity index (χ0n) is 11.5. The van der Waals surface area contributed by atoms with Crippen molar-refractivity contribution in [1.82, 2.24) is 9.47 Å². The van der Waals surface area contributed by atoms with Crippen molar-refractivity contribution in [2.75, 3.05) is 12.8 Å². The second kappa shape index (κ2) is 5.48. The summed E-state index contributed by atoms with van der Waals surface area (Å²) >= 11 is 1.72. The van der Waals surface area contributed by atoms with E-state index >= 15 is 0 Å². The number of nitrogens with two attached hydrogens (primary N) is 1. The molecule has 102 valence electrons. The van der Waals surface area contributed by atoms with Crippen LogP contribution < -0.4 is 5.73 Å². The molecule has 2 aromatic rings. The van der Waals surface area contributed by atoms with E-state index in [9.17, 15) is 4.79 Å². The Morgan fingerprint density at radius 1 is 1.58 bits per heavy atom. The van der Waals surface area contributed by atoms with Crippen LogP contribution in [0.5, 0.6) is 0 Å². The molecule has 2 aromatic heterocycles. The van der Waals surface area contributed by atoms with Crippen molar-refractivity contribution in [3.05, 3.63) is 40.3 Å². The van der Waals surface area contributed by atoms with Crippen LogP contribution >= 0.6 is 11.3 Å². The van der Waals surface area contributed by atoms with Gasteiger partial charge in [0.05, 0.1) is 5.69 Å². The molecule has 0 bridgehead atoms. The Morgan fingerprint density at radius 2 is 2.32 bits per heavy atom. The molecule has 0 aromatic carbocycles. The van der Waals surface area contributed by atoms with Gasteiger partial charge in [-0.05, 0) is 24.4 Å². The van der Waals surface area contributed by atoms with E-state index in [4.69, 9.17) is 5.73 Å². The van der Waals surface area contributed by atoms with Crippen LogP contribution in [0.4, 0.5) is 5.69 Å². The first kappa shape index (κ1) is 13.7. The highest BCUT2D eigenvalue weighted by Crippen LogP contribution is 2.16. The fraction of sp³-hybridized carbons (Fsp3) is 0.357. The van der Waals surface area contributed by atoms with Crippen molar-refractivity contribution in [2.24, 2.45) is 7.05 Å². The van der Waals surface area contributed by atoms with E-state index < -0.39 is 0 Å². The van der Waals surface area contributed by atoms with Gasteiger partial charge in [0.25, 0.3) is 5.91 Å². The van der Waals surface area contributed by atoms with Gasteiger partial charge >= 0.3 is 0 Å². The van der Waals surface area contributed by atoms with E-state index in [-0.39, 0.29) is 11.9 Å². The van der Waals surface area contributed by atoms with E-state index in [2.05, 4.69) is 18.4 Å². The molecule has 1 unspecified atom stereocenters. The lowest BCUT2D eigenvalue weighted by Crippen LogP contribution is -2.37. The number of thiophene rings is 1. The minimum atomic E-state index is 0.00301. The maximum atomic E-state index is 12.4. The molecular formula is C14H19N3OS. The maximum absolute atomic E-state index is 12.4. The summed E-state index contributed by atoms with van der Waals surface area (Å²) in [6.45, 7) is 2.06. The minimum absolute atomic E-state index is 0.00301. The highest BCUT2D eigenvalue weighted by Gasteiger charge is 2.20. The summed E-state index contributed by atoms with van der Waals surface area (Å²) in [6.07, 6.45) is 2.63. The molecule has 0 radical (unpaired) electrons. The Kier molecular flexibility index (Phi) is 3.95. The number of anilines is 1. The topological polar surface area (TPSA) is 51.3 Å². The van der Waals surface area contributed by atoms with Crippen molar-refractivity contribution in [1.29, 1.82) is 0 Å². The lowest BCUT2D eigenvalue weighted by atomic mass is 10.1. The van der Waals surface area contributed by atoms with E-state index in [1.165, 1.54) is 4.88 Å². The van der Waals surface area contributed by atoms with Gasteiger partial charge in [-0.25, -0.2) is 0 Å². The SMILES string of the molecule is CC(Cc1cccs1)N(C)C(=O)c1cc(N)cn1C. The molecule has 0 saturated heterocycles. The maximum Gasteiger partial charge on any atom is 0.270 e. The lowest BCUT2D eigenvalue weighted by Gasteiger charge is -2.24. The number of hydrogen-bond donors (Lipinski definition) is 1. The summed E-state index contributed by atoms with van der Waals surface area (Å²) in [5.74, 6) is 0.00301. The predicted molar refractivity (Wildman–Crippen MR) is 79.4 cm³/mol. The summed E-state index contributed by atoms with van der Waals surface area (Å²) < 4.78 is 1.77. The van der Waals surface area contributed by atoms with Crippen molar-refractivity contribution >= 4 is 22.9 Å². The molecule has 0 aliphatic carbocycles. The zero-order valence-corrected chi connectivity index (χ0v) is 12.3. The molecule has 0 fully saturated rings. The predicted octanol–water partition coefficient (Wildman–Crippen LogP) is 2.37. The first-order valence-corrected chi connectivity index (χ1v) is 7.08. The molecule has 5 heteroatoms. The van der Waals surface area contributed by atoms with Crippen LogP contribution in [0.1, 0.15) is 22.3 Å². The number of rotatable bonds is 4. The highest BCUT2D eigenvalue weighted by atomic mass is 32.1. The number of aryl methyl sites for hydroxylation is 1. The monoisotopic (exact) mass is 277 g/mol. The van der Waals surface area contributed by atoms with Crippen LogP contribution in [0.25, 0.3) is 0 Å². The molecule has 0 aliphatic heterocycles. The number of hydrogen-bond acceptors (Lipinski definition) is 3. The quantitative estimate of drug-likeness (QED) is 0.932. The van der Waals surface area contributed by atoms with Gasteiger partial charge in [-0.1, -0.05) is 6.07 Å². The van der Waals surface area contributed by atoms with Crippen molar-refractivity contribution in [3.8, 4) is 0 Å². The molecule has 4 nitrogen and oxygen atoms in total. The van der Waals surface area contributed by atoms with E-state index in [1.54, 1.807) is 33.1 Å². The Bertz CT molecular complexity index is 559. The second-order valence-corrected chi connectivity index (χ2v) is 5.85. The molecule has 2 rings (SSSR count). The number of likely N-dealkylation sites (N-methyl/N-ethyl adjacent to an activating group) is 1. The normalized spacial score (nSPS) is 12.4. The summed E-state index contributed by atoms with van der Waals surface area (Å²) in [7, 11) is 3.67. The van der Waals surface area contributed by atoms with Crippen LogP contribution in [0.15, 0.2) is 29.8 Å². The fourth-order valence-electron chi connectivity index (χ4n) is 2.04. The van der Waals surface area contributed by atoms with Gasteiger partial charge in [0.2, 0.25) is 0 Å². The van der Waals surface area contributed by atoms with Gasteiger partial charge in [-0.15, -0.1) is 11.3 Å². The molecular weight excluding hydrogens is 258 g/mol. The number of nitrogen functional groups attached to an aromatic ring is 1. The third-order valence-electron chi connectivity index (χ3n) is 3.30. The smallest absolute Gasteiger partial charge is 0.270 e. The van der Waals surface area contributed by atoms with E-state index in [0.29, 0.717) is 11.4 Å². The number of aromatic nitrogens is 1. The molecule has 0 aliphatic rings. The fourth-order valence-corrected chi connectivity index (χ4v) is 2.87. The number of carbonyl (C=O) groups is 1. The largest absolute Gasteiger partial charge is 0.397 e. The third kappa shape index (κ3) is 2.98. The minimum Gasteiger partial charge on any atom is -0.397 e. The Morgan fingerprint density at radius 3 is 2.84 bits per heavy atom. The summed E-state index contributed by atoms with van der Waals surface area (Å²) in [5, 5.41) is 2.06. The van der Waals surface area contributed by atoms with Crippen molar-refractivity contribution in [2.45, 2.75) is 19.4 Å². The Labute approximate surface area is 117 Å². The average Bonchev–Trinajstić information content (AvgIpc) is 2.97. The van der Waals surface area contributed by atoms with Gasteiger partial charge in [0, 0.05) is 37.6 Å². The molecule has 0 saturated carbocycles. The van der Waals surface area contributed by atoms with Crippen LogP contribution in [0, 0.1) is 0 Å². The van der Waals surface area contributed by atoms with Crippen LogP contribution in [-0.4, -0.2) is 28.5 Å². The standard InChI is InChI=1S/C14H19N3OS/c1-10(7-12-5-4-6-19-12)17(3)14(18)13-8-11(15)9-16(13)2/h4-6,8-10H,7,15H2,1-3H3. The second-order valence-electron chi connectivity index (χ2n) is 4.82. The first-order valence-electron chi connectivity index (χ1n) is 6.20. The summed E-state index contributed by atoms with van der Waals surface area (Å²) in [5.41, 5.74) is 6.95. The summed E-state index contributed by atoms with van der Waals surface area (Å²) in [4.78, 5) is 15.5. The number of amides is 1. The van der Waals surface area contributed by atoms with Gasteiger partial charge in [-0.3, -0.25) is 4.79 Å². The zero-order chi connectivity index (χ0) is 14.0. The van der Waals surface area contributed by atoms with E-state index in [0.717, 1.165) is 6.42 Å². The number of carbonyl (C=O) groups excluding carboxylic acids is 1. The Hall–Kier alpha value is -1.75. The average molecular weight is 277 g/mol. The lowest BCUT2D eigenvalue weighted by molar-refractivity contribution is 0.0734. The molecule has 1 atom stereocenters. The van der Waals surface area contributed by atoms with Gasteiger partial charge in [0.1, 0.15) is 5.69 Å². The van der Waals surface area contributed by atoms with Crippen LogP contribution in [-0.2, 0) is 13.5 Å². The molecule has 19 heavy (non-hydrogen) atoms. The number of nitrogens with zero attached hydrogens (tertiary/aromatic N) is 2. The summed E-state index contributed by atoms with van der Waals surface area (Å²) in [6, 6.07) is 6.01. The van der Waals surface area contributed by atoms with Crippen molar-refractivity contribution in [3.63, 3.8) is 0 Å². The van der Waals surface area contributed by atoms with Gasteiger partial charge in [0.15, 0.2) is 0 Å². The van der Waals surface area contributed by atoms with Crippen LogP contribution in [0.3, 0.4) is 0 Å². The van der Waals surface area contributed by atoms with Gasteiger partial charge in [-0.2, -0.15) is 0 Å². The molecule has 2 N–H and O–H groups in total. The van der Waals surface area contributed by atoms with Gasteiger partial charge < -0.3 is 15.2 Å². The molecule has 0 spiro atoms. The highest BCUT2D eigenvalue weighted by molar-refractivity contribution is 7.09. The Balaban J connectivity index is 2.08. The van der Waals surface area contributed by atoms with E-state index in [1.807, 2.05) is 20.2 Å².